The number of carbonyl (C=O) groups excluding carboxylic acids is 2. The number of alkyl halides is 3. The standard InChI is InChI=1S/C21H22F4N2O3/c1-2-3-10-30-17-8-5-14(6-9-17)20(29)27-13-19(28)26-12-15-4-7-16(22)11-18(15)21(23,24)25/h4-9,11H,2-3,10,12-13H2,1H3,(H,26,28)(H,27,29). The van der Waals surface area contributed by atoms with Crippen LogP contribution in [0.15, 0.2) is 42.5 Å². The molecule has 2 aromatic carbocycles. The second kappa shape index (κ2) is 10.6. The maximum atomic E-state index is 13.1. The Morgan fingerprint density at radius 2 is 1.73 bits per heavy atom. The summed E-state index contributed by atoms with van der Waals surface area (Å²) in [6.45, 7) is 1.75. The van der Waals surface area contributed by atoms with Crippen molar-refractivity contribution < 1.29 is 31.9 Å². The Morgan fingerprint density at radius 3 is 2.37 bits per heavy atom. The normalized spacial score (nSPS) is 11.1. The Bertz CT molecular complexity index is 868. The first-order chi connectivity index (χ1) is 14.2. The van der Waals surface area contributed by atoms with Crippen molar-refractivity contribution in [1.29, 1.82) is 0 Å². The van der Waals surface area contributed by atoms with Gasteiger partial charge in [0, 0.05) is 12.1 Å². The number of halogens is 4. The zero-order chi connectivity index (χ0) is 22.1. The van der Waals surface area contributed by atoms with Gasteiger partial charge in [0.2, 0.25) is 5.91 Å². The van der Waals surface area contributed by atoms with E-state index in [1.54, 1.807) is 24.3 Å². The molecule has 0 aliphatic heterocycles. The molecule has 0 saturated heterocycles. The molecule has 0 fully saturated rings. The molecule has 0 atom stereocenters. The van der Waals surface area contributed by atoms with Crippen molar-refractivity contribution in [3.63, 3.8) is 0 Å². The van der Waals surface area contributed by atoms with Crippen LogP contribution in [-0.2, 0) is 17.5 Å². The lowest BCUT2D eigenvalue weighted by molar-refractivity contribution is -0.138. The Kier molecular flexibility index (Phi) is 8.20. The highest BCUT2D eigenvalue weighted by Crippen LogP contribution is 2.32. The lowest BCUT2D eigenvalue weighted by atomic mass is 10.1. The summed E-state index contributed by atoms with van der Waals surface area (Å²) in [4.78, 5) is 24.0. The van der Waals surface area contributed by atoms with Gasteiger partial charge in [-0.05, 0) is 48.4 Å². The fraction of sp³-hybridized carbons (Fsp3) is 0.333. The average molecular weight is 426 g/mol. The zero-order valence-corrected chi connectivity index (χ0v) is 16.3. The fourth-order valence-electron chi connectivity index (χ4n) is 2.52. The SMILES string of the molecule is CCCCOc1ccc(C(=O)NCC(=O)NCc2ccc(F)cc2C(F)(F)F)cc1. The molecule has 0 aliphatic rings. The van der Waals surface area contributed by atoms with Crippen molar-refractivity contribution in [1.82, 2.24) is 10.6 Å². The summed E-state index contributed by atoms with van der Waals surface area (Å²) >= 11 is 0. The van der Waals surface area contributed by atoms with Crippen molar-refractivity contribution >= 4 is 11.8 Å². The second-order valence-corrected chi connectivity index (χ2v) is 6.49. The molecule has 0 spiro atoms. The van der Waals surface area contributed by atoms with Crippen molar-refractivity contribution in [2.45, 2.75) is 32.5 Å². The molecule has 5 nitrogen and oxygen atoms in total. The third-order valence-corrected chi connectivity index (χ3v) is 4.15. The van der Waals surface area contributed by atoms with Crippen LogP contribution >= 0.6 is 0 Å². The van der Waals surface area contributed by atoms with Crippen molar-refractivity contribution in [2.75, 3.05) is 13.2 Å². The van der Waals surface area contributed by atoms with Gasteiger partial charge in [-0.3, -0.25) is 9.59 Å². The quantitative estimate of drug-likeness (QED) is 0.469. The molecule has 0 radical (unpaired) electrons. The molecular formula is C21H22F4N2O3. The maximum Gasteiger partial charge on any atom is 0.416 e. The number of unbranched alkanes of at least 4 members (excludes halogenated alkanes) is 1. The van der Waals surface area contributed by atoms with Crippen LogP contribution in [0.25, 0.3) is 0 Å². The van der Waals surface area contributed by atoms with Gasteiger partial charge in [-0.2, -0.15) is 13.2 Å². The Balaban J connectivity index is 1.84. The maximum absolute atomic E-state index is 13.1. The smallest absolute Gasteiger partial charge is 0.416 e. The Labute approximate surface area is 171 Å². The first kappa shape index (κ1) is 23.2. The number of nitrogens with one attached hydrogen (secondary N) is 2. The minimum atomic E-state index is -4.75. The van der Waals surface area contributed by atoms with Crippen molar-refractivity contribution in [3.8, 4) is 5.75 Å². The lowest BCUT2D eigenvalue weighted by Gasteiger charge is -2.14. The van der Waals surface area contributed by atoms with E-state index in [0.29, 0.717) is 24.0 Å². The minimum Gasteiger partial charge on any atom is -0.494 e. The number of carbonyl (C=O) groups is 2. The molecule has 30 heavy (non-hydrogen) atoms. The third kappa shape index (κ3) is 7.06. The largest absolute Gasteiger partial charge is 0.494 e. The molecule has 2 N–H and O–H groups in total. The van der Waals surface area contributed by atoms with Crippen LogP contribution in [0.5, 0.6) is 5.75 Å². The summed E-state index contributed by atoms with van der Waals surface area (Å²) in [5.74, 6) is -1.59. The molecule has 2 amide bonds. The summed E-state index contributed by atoms with van der Waals surface area (Å²) in [5.41, 5.74) is -1.13. The average Bonchev–Trinajstić information content (AvgIpc) is 2.71. The number of benzene rings is 2. The van der Waals surface area contributed by atoms with Gasteiger partial charge < -0.3 is 15.4 Å². The van der Waals surface area contributed by atoms with E-state index in [-0.39, 0.29) is 5.56 Å². The van der Waals surface area contributed by atoms with Crippen LogP contribution in [0, 0.1) is 5.82 Å². The summed E-state index contributed by atoms with van der Waals surface area (Å²) in [5, 5.41) is 4.67. The second-order valence-electron chi connectivity index (χ2n) is 6.49. The summed E-state index contributed by atoms with van der Waals surface area (Å²) in [6.07, 6.45) is -2.83. The number of rotatable bonds is 9. The van der Waals surface area contributed by atoms with Crippen LogP contribution in [0.4, 0.5) is 17.6 Å². The van der Waals surface area contributed by atoms with Gasteiger partial charge in [0.25, 0.3) is 5.91 Å². The number of amides is 2. The van der Waals surface area contributed by atoms with Crippen LogP contribution < -0.4 is 15.4 Å². The number of ether oxygens (including phenoxy) is 1. The molecule has 2 rings (SSSR count). The predicted octanol–water partition coefficient (Wildman–Crippen LogP) is 4.07. The molecule has 0 aliphatic carbocycles. The molecular weight excluding hydrogens is 404 g/mol. The van der Waals surface area contributed by atoms with Gasteiger partial charge in [0.15, 0.2) is 0 Å². The van der Waals surface area contributed by atoms with E-state index in [2.05, 4.69) is 10.6 Å². The van der Waals surface area contributed by atoms with Gasteiger partial charge in [-0.1, -0.05) is 19.4 Å². The highest BCUT2D eigenvalue weighted by molar-refractivity contribution is 5.96. The molecule has 0 bridgehead atoms. The first-order valence-corrected chi connectivity index (χ1v) is 9.34. The lowest BCUT2D eigenvalue weighted by Crippen LogP contribution is -2.36. The monoisotopic (exact) mass is 426 g/mol. The first-order valence-electron chi connectivity index (χ1n) is 9.34. The molecule has 0 saturated carbocycles. The molecule has 2 aromatic rings. The Hall–Kier alpha value is -3.10. The number of hydrogen-bond acceptors (Lipinski definition) is 3. The molecule has 0 heterocycles. The van der Waals surface area contributed by atoms with E-state index in [1.807, 2.05) is 6.92 Å². The van der Waals surface area contributed by atoms with Crippen LogP contribution in [0.3, 0.4) is 0 Å². The highest BCUT2D eigenvalue weighted by Gasteiger charge is 2.33. The third-order valence-electron chi connectivity index (χ3n) is 4.15. The topological polar surface area (TPSA) is 67.4 Å². The Morgan fingerprint density at radius 1 is 1.03 bits per heavy atom. The van der Waals surface area contributed by atoms with Crippen molar-refractivity contribution in [2.24, 2.45) is 0 Å². The van der Waals surface area contributed by atoms with Gasteiger partial charge in [-0.15, -0.1) is 0 Å². The van der Waals surface area contributed by atoms with E-state index >= 15 is 0 Å². The van der Waals surface area contributed by atoms with E-state index in [9.17, 15) is 27.2 Å². The summed E-state index contributed by atoms with van der Waals surface area (Å²) in [6, 6.07) is 8.58. The molecule has 0 unspecified atom stereocenters. The van der Waals surface area contributed by atoms with Gasteiger partial charge >= 0.3 is 6.18 Å². The minimum absolute atomic E-state index is 0.276. The van der Waals surface area contributed by atoms with Gasteiger partial charge in [0.05, 0.1) is 18.7 Å². The van der Waals surface area contributed by atoms with Gasteiger partial charge in [0.1, 0.15) is 11.6 Å². The molecule has 9 heteroatoms. The van der Waals surface area contributed by atoms with E-state index < -0.39 is 42.5 Å². The predicted molar refractivity (Wildman–Crippen MR) is 102 cm³/mol. The highest BCUT2D eigenvalue weighted by atomic mass is 19.4. The number of hydrogen-bond donors (Lipinski definition) is 2. The zero-order valence-electron chi connectivity index (χ0n) is 16.3. The molecule has 0 aromatic heterocycles. The molecule has 162 valence electrons. The fourth-order valence-corrected chi connectivity index (χ4v) is 2.52. The van der Waals surface area contributed by atoms with Gasteiger partial charge in [-0.25, -0.2) is 4.39 Å². The van der Waals surface area contributed by atoms with E-state index in [4.69, 9.17) is 4.74 Å². The van der Waals surface area contributed by atoms with Crippen molar-refractivity contribution in [3.05, 3.63) is 65.0 Å². The summed E-state index contributed by atoms with van der Waals surface area (Å²) in [7, 11) is 0. The summed E-state index contributed by atoms with van der Waals surface area (Å²) < 4.78 is 57.5. The van der Waals surface area contributed by atoms with E-state index in [0.717, 1.165) is 25.0 Å². The van der Waals surface area contributed by atoms with E-state index in [1.165, 1.54) is 0 Å². The van der Waals surface area contributed by atoms with Crippen LogP contribution in [0.1, 0.15) is 41.3 Å². The van der Waals surface area contributed by atoms with Crippen LogP contribution in [0.2, 0.25) is 0 Å². The van der Waals surface area contributed by atoms with Crippen LogP contribution in [-0.4, -0.2) is 25.0 Å².